The Morgan fingerprint density at radius 3 is 2.62 bits per heavy atom. The second-order valence-electron chi connectivity index (χ2n) is 10.3. The molecule has 0 radical (unpaired) electrons. The Hall–Kier alpha value is -2.44. The largest absolute Gasteiger partial charge is 0.481 e. The first kappa shape index (κ1) is 28.1. The maximum absolute atomic E-state index is 13.1. The van der Waals surface area contributed by atoms with Crippen molar-refractivity contribution in [2.75, 3.05) is 37.6 Å². The van der Waals surface area contributed by atoms with Gasteiger partial charge in [-0.05, 0) is 39.3 Å². The molecule has 208 valence electrons. The van der Waals surface area contributed by atoms with Gasteiger partial charge in [-0.25, -0.2) is 15.0 Å². The van der Waals surface area contributed by atoms with E-state index in [0.717, 1.165) is 54.1 Å². The predicted octanol–water partition coefficient (Wildman–Crippen LogP) is 4.71. The van der Waals surface area contributed by atoms with Crippen LogP contribution >= 0.6 is 34.3 Å². The fourth-order valence-electron chi connectivity index (χ4n) is 5.26. The lowest BCUT2D eigenvalue weighted by Gasteiger charge is -2.40. The van der Waals surface area contributed by atoms with E-state index < -0.39 is 5.97 Å². The number of piperazine rings is 1. The van der Waals surface area contributed by atoms with Crippen LogP contribution in [0.3, 0.4) is 0 Å². The quantitative estimate of drug-likeness (QED) is 0.337. The average molecular weight is 589 g/mol. The second-order valence-corrected chi connectivity index (χ2v) is 12.8. The van der Waals surface area contributed by atoms with Crippen LogP contribution < -0.4 is 4.90 Å². The van der Waals surface area contributed by atoms with E-state index in [-0.39, 0.29) is 24.7 Å². The molecule has 2 aliphatic heterocycles. The Kier molecular flexibility index (Phi) is 8.92. The van der Waals surface area contributed by atoms with Gasteiger partial charge in [-0.2, -0.15) is 0 Å². The number of carbonyl (C=O) groups excluding carboxylic acids is 1. The molecular weight excluding hydrogens is 556 g/mol. The molecule has 0 unspecified atom stereocenters. The molecule has 0 amide bonds. The molecule has 0 saturated carbocycles. The molecule has 39 heavy (non-hydrogen) atoms. The lowest BCUT2D eigenvalue weighted by Crippen LogP contribution is -2.52. The molecule has 0 bridgehead atoms. The van der Waals surface area contributed by atoms with Gasteiger partial charge in [-0.3, -0.25) is 19.4 Å². The highest BCUT2D eigenvalue weighted by molar-refractivity contribution is 7.15. The molecule has 9 nitrogen and oxygen atoms in total. The average Bonchev–Trinajstić information content (AvgIpc) is 3.63. The SMILES string of the molecule is C[C@@H]1CN(c2cnc(C(=O)Cc3nc(-c4cc(Cl)cs4)c(CN4CCC[C@H]4C)s3)cn2)CCN1CCC(=O)O. The standard InChI is InChI=1S/C27H33ClN6O3S2/c1-17-4-3-6-33(17)15-23-27(22-10-19(28)16-38-22)31-25(39-23)11-21(35)20-12-30-24(13-29-20)34-9-8-32(18(2)14-34)7-5-26(36)37/h10,12-13,16-18H,3-9,11,14-15H2,1-2H3,(H,36,37)/t17-,18-/m1/s1. The molecule has 5 heterocycles. The van der Waals surface area contributed by atoms with Crippen molar-refractivity contribution >= 4 is 51.8 Å². The number of halogens is 1. The molecular formula is C27H33ClN6O3S2. The number of hydrogen-bond donors (Lipinski definition) is 1. The van der Waals surface area contributed by atoms with Gasteiger partial charge in [0.05, 0.1) is 40.8 Å². The van der Waals surface area contributed by atoms with Crippen molar-refractivity contribution in [2.24, 2.45) is 0 Å². The summed E-state index contributed by atoms with van der Waals surface area (Å²) in [6.45, 7) is 9.03. The number of hydrogen-bond acceptors (Lipinski definition) is 10. The van der Waals surface area contributed by atoms with Crippen molar-refractivity contribution in [1.29, 1.82) is 0 Å². The summed E-state index contributed by atoms with van der Waals surface area (Å²) in [5, 5.41) is 12.4. The van der Waals surface area contributed by atoms with Crippen molar-refractivity contribution in [1.82, 2.24) is 24.8 Å². The van der Waals surface area contributed by atoms with E-state index in [1.54, 1.807) is 35.1 Å². The van der Waals surface area contributed by atoms with Crippen LogP contribution in [0.2, 0.25) is 5.02 Å². The predicted molar refractivity (Wildman–Crippen MR) is 155 cm³/mol. The van der Waals surface area contributed by atoms with E-state index in [1.807, 2.05) is 11.4 Å². The van der Waals surface area contributed by atoms with Crippen LogP contribution in [0, 0.1) is 0 Å². The molecule has 1 N–H and O–H groups in total. The molecule has 2 aliphatic rings. The number of likely N-dealkylation sites (tertiary alicyclic amines) is 1. The van der Waals surface area contributed by atoms with Gasteiger partial charge in [0.1, 0.15) is 16.5 Å². The van der Waals surface area contributed by atoms with Gasteiger partial charge in [0.2, 0.25) is 0 Å². The zero-order chi connectivity index (χ0) is 27.5. The summed E-state index contributed by atoms with van der Waals surface area (Å²) in [5.74, 6) is -0.158. The molecule has 0 spiro atoms. The molecule has 3 aromatic heterocycles. The number of ketones is 1. The first-order valence-corrected chi connectivity index (χ1v) is 15.4. The van der Waals surface area contributed by atoms with Crippen LogP contribution in [0.4, 0.5) is 5.82 Å². The third kappa shape index (κ3) is 6.83. The minimum atomic E-state index is -0.780. The molecule has 0 aliphatic carbocycles. The lowest BCUT2D eigenvalue weighted by molar-refractivity contribution is -0.137. The minimum Gasteiger partial charge on any atom is -0.481 e. The second kappa shape index (κ2) is 12.4. The normalized spacial score (nSPS) is 20.5. The van der Waals surface area contributed by atoms with Gasteiger partial charge >= 0.3 is 5.97 Å². The zero-order valence-corrected chi connectivity index (χ0v) is 24.6. The fraction of sp³-hybridized carbons (Fsp3) is 0.519. The topological polar surface area (TPSA) is 103 Å². The zero-order valence-electron chi connectivity index (χ0n) is 22.2. The number of thiophene rings is 1. The maximum atomic E-state index is 13.1. The minimum absolute atomic E-state index is 0.105. The Balaban J connectivity index is 1.25. The molecule has 2 fully saturated rings. The third-order valence-corrected chi connectivity index (χ3v) is 9.84. The van der Waals surface area contributed by atoms with Gasteiger partial charge in [-0.15, -0.1) is 22.7 Å². The number of rotatable bonds is 10. The van der Waals surface area contributed by atoms with Crippen LogP contribution in [0.1, 0.15) is 53.5 Å². The Bertz CT molecular complexity index is 1310. The van der Waals surface area contributed by atoms with Crippen LogP contribution in [0.25, 0.3) is 10.6 Å². The Morgan fingerprint density at radius 2 is 1.97 bits per heavy atom. The summed E-state index contributed by atoms with van der Waals surface area (Å²) in [7, 11) is 0. The molecule has 3 aromatic rings. The van der Waals surface area contributed by atoms with Gasteiger partial charge in [0.25, 0.3) is 0 Å². The van der Waals surface area contributed by atoms with Crippen molar-refractivity contribution < 1.29 is 14.7 Å². The number of carbonyl (C=O) groups is 2. The monoisotopic (exact) mass is 588 g/mol. The van der Waals surface area contributed by atoms with Crippen LogP contribution in [-0.2, 0) is 17.8 Å². The number of Topliss-reactive ketones (excluding diaryl/α,β-unsaturated/α-hetero) is 1. The molecule has 2 atom stereocenters. The van der Waals surface area contributed by atoms with E-state index >= 15 is 0 Å². The van der Waals surface area contributed by atoms with Crippen LogP contribution in [0.5, 0.6) is 0 Å². The molecule has 0 aromatic carbocycles. The summed E-state index contributed by atoms with van der Waals surface area (Å²) in [4.78, 5) is 46.9. The van der Waals surface area contributed by atoms with Crippen molar-refractivity contribution in [3.8, 4) is 10.6 Å². The first-order valence-electron chi connectivity index (χ1n) is 13.3. The van der Waals surface area contributed by atoms with E-state index in [0.29, 0.717) is 23.3 Å². The number of aromatic nitrogens is 3. The number of thiazole rings is 1. The number of carboxylic acids is 1. The van der Waals surface area contributed by atoms with Crippen molar-refractivity contribution in [3.63, 3.8) is 0 Å². The summed E-state index contributed by atoms with van der Waals surface area (Å²) in [6.07, 6.45) is 5.95. The summed E-state index contributed by atoms with van der Waals surface area (Å²) in [6, 6.07) is 2.69. The smallest absolute Gasteiger partial charge is 0.304 e. The number of carboxylic acid groups (broad SMARTS) is 1. The van der Waals surface area contributed by atoms with Crippen molar-refractivity contribution in [2.45, 2.75) is 58.2 Å². The summed E-state index contributed by atoms with van der Waals surface area (Å²) in [5.41, 5.74) is 1.26. The highest BCUT2D eigenvalue weighted by atomic mass is 35.5. The van der Waals surface area contributed by atoms with Crippen LogP contribution in [-0.4, -0.2) is 86.4 Å². The first-order chi connectivity index (χ1) is 18.8. The van der Waals surface area contributed by atoms with E-state index in [2.05, 4.69) is 38.5 Å². The highest BCUT2D eigenvalue weighted by Crippen LogP contribution is 2.36. The summed E-state index contributed by atoms with van der Waals surface area (Å²) >= 11 is 9.39. The number of nitrogens with zero attached hydrogens (tertiary/aromatic N) is 6. The van der Waals surface area contributed by atoms with E-state index in [4.69, 9.17) is 21.7 Å². The van der Waals surface area contributed by atoms with Gasteiger partial charge in [-0.1, -0.05) is 11.6 Å². The fourth-order valence-corrected chi connectivity index (χ4v) is 7.52. The Morgan fingerprint density at radius 1 is 1.13 bits per heavy atom. The van der Waals surface area contributed by atoms with E-state index in [9.17, 15) is 9.59 Å². The molecule has 5 rings (SSSR count). The van der Waals surface area contributed by atoms with Gasteiger partial charge < -0.3 is 10.0 Å². The third-order valence-electron chi connectivity index (χ3n) is 7.52. The highest BCUT2D eigenvalue weighted by Gasteiger charge is 2.26. The lowest BCUT2D eigenvalue weighted by atomic mass is 10.2. The van der Waals surface area contributed by atoms with E-state index in [1.165, 1.54) is 17.7 Å². The van der Waals surface area contributed by atoms with Crippen LogP contribution in [0.15, 0.2) is 23.8 Å². The number of aliphatic carboxylic acids is 1. The maximum Gasteiger partial charge on any atom is 0.304 e. The van der Waals surface area contributed by atoms with Gasteiger partial charge in [0, 0.05) is 55.1 Å². The van der Waals surface area contributed by atoms with Gasteiger partial charge in [0.15, 0.2) is 5.78 Å². The summed E-state index contributed by atoms with van der Waals surface area (Å²) < 4.78 is 0. The number of anilines is 1. The molecule has 2 saturated heterocycles. The van der Waals surface area contributed by atoms with Crippen molar-refractivity contribution in [3.05, 3.63) is 44.4 Å². The molecule has 12 heteroatoms. The Labute approximate surface area is 241 Å².